The predicted molar refractivity (Wildman–Crippen MR) is 162 cm³/mol. The lowest BCUT2D eigenvalue weighted by Crippen LogP contribution is -2.51. The number of hydrogen-bond acceptors (Lipinski definition) is 4. The van der Waals surface area contributed by atoms with Crippen LogP contribution < -0.4 is 0 Å². The van der Waals surface area contributed by atoms with Crippen molar-refractivity contribution in [3.63, 3.8) is 0 Å². The van der Waals surface area contributed by atoms with E-state index in [1.165, 1.54) is 28.6 Å². The summed E-state index contributed by atoms with van der Waals surface area (Å²) < 4.78 is 42.2. The van der Waals surface area contributed by atoms with Gasteiger partial charge in [0.05, 0.1) is 17.4 Å². The summed E-state index contributed by atoms with van der Waals surface area (Å²) in [5.74, 6) is -0.884. The number of amides is 2. The molecule has 1 unspecified atom stereocenters. The molecule has 1 aliphatic heterocycles. The third-order valence-electron chi connectivity index (χ3n) is 7.85. The van der Waals surface area contributed by atoms with Crippen LogP contribution in [0.3, 0.4) is 0 Å². The molecular formula is C33H40FN3O4S. The van der Waals surface area contributed by atoms with Gasteiger partial charge in [0.1, 0.15) is 5.82 Å². The van der Waals surface area contributed by atoms with Gasteiger partial charge >= 0.3 is 0 Å². The number of carbonyl (C=O) groups excluding carboxylic acids is 2. The quantitative estimate of drug-likeness (QED) is 0.280. The van der Waals surface area contributed by atoms with Gasteiger partial charge in [0.25, 0.3) is 0 Å². The van der Waals surface area contributed by atoms with Gasteiger partial charge in [-0.05, 0) is 61.1 Å². The number of benzene rings is 3. The molecule has 0 bridgehead atoms. The van der Waals surface area contributed by atoms with Gasteiger partial charge in [-0.3, -0.25) is 9.59 Å². The molecule has 1 aliphatic rings. The first-order valence-corrected chi connectivity index (χ1v) is 16.1. The first-order chi connectivity index (χ1) is 20.2. The van der Waals surface area contributed by atoms with Gasteiger partial charge in [-0.2, -0.15) is 4.31 Å². The molecule has 0 aliphatic carbocycles. The monoisotopic (exact) mass is 593 g/mol. The minimum Gasteiger partial charge on any atom is -0.342 e. The lowest BCUT2D eigenvalue weighted by atomic mass is 9.93. The number of rotatable bonds is 12. The molecule has 4 rings (SSSR count). The molecule has 0 aromatic heterocycles. The van der Waals surface area contributed by atoms with Crippen LogP contribution in [0.4, 0.5) is 4.39 Å². The lowest BCUT2D eigenvalue weighted by Gasteiger charge is -2.40. The molecule has 1 saturated heterocycles. The van der Waals surface area contributed by atoms with E-state index >= 15 is 0 Å². The van der Waals surface area contributed by atoms with Crippen molar-refractivity contribution in [2.75, 3.05) is 26.2 Å². The number of likely N-dealkylation sites (tertiary alicyclic amines) is 1. The Kier molecular flexibility index (Phi) is 10.9. The number of nitrogens with zero attached hydrogens (tertiary/aromatic N) is 3. The van der Waals surface area contributed by atoms with Crippen LogP contribution in [0, 0.1) is 5.82 Å². The highest BCUT2D eigenvalue weighted by molar-refractivity contribution is 7.89. The summed E-state index contributed by atoms with van der Waals surface area (Å²) in [7, 11) is -3.89. The van der Waals surface area contributed by atoms with Crippen LogP contribution in [0.15, 0.2) is 89.8 Å². The van der Waals surface area contributed by atoms with E-state index in [1.807, 2.05) is 49.1 Å². The van der Waals surface area contributed by atoms with Crippen LogP contribution in [-0.2, 0) is 26.2 Å². The molecule has 0 N–H and O–H groups in total. The van der Waals surface area contributed by atoms with Gasteiger partial charge in [-0.25, -0.2) is 12.8 Å². The average Bonchev–Trinajstić information content (AvgIpc) is 3.01. The van der Waals surface area contributed by atoms with Gasteiger partial charge < -0.3 is 9.80 Å². The molecule has 9 heteroatoms. The second kappa shape index (κ2) is 14.6. The van der Waals surface area contributed by atoms with Crippen LogP contribution in [0.5, 0.6) is 0 Å². The minimum atomic E-state index is -3.89. The molecule has 224 valence electrons. The molecule has 1 fully saturated rings. The van der Waals surface area contributed by atoms with Crippen LogP contribution >= 0.6 is 0 Å². The Labute approximate surface area is 249 Å². The molecule has 7 nitrogen and oxygen atoms in total. The van der Waals surface area contributed by atoms with Crippen molar-refractivity contribution >= 4 is 21.8 Å². The van der Waals surface area contributed by atoms with E-state index < -0.39 is 15.8 Å². The number of piperidine rings is 1. The summed E-state index contributed by atoms with van der Waals surface area (Å²) in [6.07, 6.45) is 2.34. The molecule has 2 amide bonds. The van der Waals surface area contributed by atoms with Crippen molar-refractivity contribution in [1.82, 2.24) is 14.1 Å². The molecule has 1 heterocycles. The van der Waals surface area contributed by atoms with Crippen LogP contribution in [-0.4, -0.2) is 66.6 Å². The second-order valence-corrected chi connectivity index (χ2v) is 12.7. The molecule has 0 spiro atoms. The topological polar surface area (TPSA) is 78.0 Å². The Hall–Kier alpha value is -3.56. The standard InChI is InChI=1S/C33H40FN3O4S/c1-3-20-36(42(40,41)30-16-9-6-10-17-30)25-32(38)37(24-26-12-11-15-28(34)23-26)29-18-21-35(22-19-29)33(39)31(4-2)27-13-7-5-8-14-27/h5-17,23,29,31H,3-4,18-22,24-25H2,1-2H3. The summed E-state index contributed by atoms with van der Waals surface area (Å²) in [6.45, 7) is 4.89. The van der Waals surface area contributed by atoms with Gasteiger partial charge in [-0.1, -0.05) is 74.5 Å². The van der Waals surface area contributed by atoms with Gasteiger partial charge in [-0.15, -0.1) is 0 Å². The number of carbonyl (C=O) groups is 2. The Morgan fingerprint density at radius 1 is 0.929 bits per heavy atom. The highest BCUT2D eigenvalue weighted by atomic mass is 32.2. The van der Waals surface area contributed by atoms with Crippen molar-refractivity contribution in [2.45, 2.75) is 62.9 Å². The fourth-order valence-electron chi connectivity index (χ4n) is 5.63. The SMILES string of the molecule is CCCN(CC(=O)N(Cc1cccc(F)c1)C1CCN(C(=O)C(CC)c2ccccc2)CC1)S(=O)(=O)c1ccccc1. The normalized spacial score (nSPS) is 15.0. The third kappa shape index (κ3) is 7.63. The molecular weight excluding hydrogens is 553 g/mol. The Morgan fingerprint density at radius 2 is 1.57 bits per heavy atom. The van der Waals surface area contributed by atoms with E-state index in [2.05, 4.69) is 0 Å². The summed E-state index contributed by atoms with van der Waals surface area (Å²) >= 11 is 0. The molecule has 3 aromatic rings. The van der Waals surface area contributed by atoms with E-state index in [9.17, 15) is 22.4 Å². The first kappa shape index (κ1) is 31.4. The van der Waals surface area contributed by atoms with Gasteiger partial charge in [0.2, 0.25) is 21.8 Å². The average molecular weight is 594 g/mol. The highest BCUT2D eigenvalue weighted by Gasteiger charge is 2.34. The van der Waals surface area contributed by atoms with Crippen LogP contribution in [0.1, 0.15) is 56.6 Å². The Bertz CT molecular complexity index is 1430. The fourth-order valence-corrected chi connectivity index (χ4v) is 7.13. The largest absolute Gasteiger partial charge is 0.342 e. The number of sulfonamides is 1. The summed E-state index contributed by atoms with van der Waals surface area (Å²) in [4.78, 5) is 31.0. The second-order valence-electron chi connectivity index (χ2n) is 10.7. The van der Waals surface area contributed by atoms with Crippen molar-refractivity contribution in [2.24, 2.45) is 0 Å². The fraction of sp³-hybridized carbons (Fsp3) is 0.394. The van der Waals surface area contributed by atoms with Gasteiger partial charge in [0, 0.05) is 32.2 Å². The maximum absolute atomic E-state index is 14.1. The van der Waals surface area contributed by atoms with E-state index in [0.717, 1.165) is 5.56 Å². The van der Waals surface area contributed by atoms with Crippen molar-refractivity contribution < 1.29 is 22.4 Å². The highest BCUT2D eigenvalue weighted by Crippen LogP contribution is 2.27. The minimum absolute atomic E-state index is 0.0771. The summed E-state index contributed by atoms with van der Waals surface area (Å²) in [6, 6.07) is 23.8. The van der Waals surface area contributed by atoms with E-state index in [4.69, 9.17) is 0 Å². The maximum Gasteiger partial charge on any atom is 0.243 e. The number of halogens is 1. The molecule has 3 aromatic carbocycles. The third-order valence-corrected chi connectivity index (χ3v) is 9.71. The number of hydrogen-bond donors (Lipinski definition) is 0. The van der Waals surface area contributed by atoms with Crippen LogP contribution in [0.25, 0.3) is 0 Å². The predicted octanol–water partition coefficient (Wildman–Crippen LogP) is 5.44. The Balaban J connectivity index is 1.53. The van der Waals surface area contributed by atoms with Crippen molar-refractivity contribution in [3.8, 4) is 0 Å². The van der Waals surface area contributed by atoms with Crippen molar-refractivity contribution in [1.29, 1.82) is 0 Å². The Morgan fingerprint density at radius 3 is 2.17 bits per heavy atom. The van der Waals surface area contributed by atoms with Crippen LogP contribution in [0.2, 0.25) is 0 Å². The molecule has 1 atom stereocenters. The van der Waals surface area contributed by atoms with Gasteiger partial charge in [0.15, 0.2) is 0 Å². The zero-order valence-electron chi connectivity index (χ0n) is 24.4. The maximum atomic E-state index is 14.1. The lowest BCUT2D eigenvalue weighted by molar-refractivity contribution is -0.138. The summed E-state index contributed by atoms with van der Waals surface area (Å²) in [5, 5.41) is 0. The summed E-state index contributed by atoms with van der Waals surface area (Å²) in [5.41, 5.74) is 1.62. The molecule has 0 saturated carbocycles. The van der Waals surface area contributed by atoms with Crippen molar-refractivity contribution in [3.05, 3.63) is 102 Å². The zero-order chi connectivity index (χ0) is 30.1. The van der Waals surface area contributed by atoms with E-state index in [-0.39, 0.29) is 48.3 Å². The molecule has 42 heavy (non-hydrogen) atoms. The molecule has 0 radical (unpaired) electrons. The van der Waals surface area contributed by atoms with E-state index in [1.54, 1.807) is 35.2 Å². The first-order valence-electron chi connectivity index (χ1n) is 14.7. The zero-order valence-corrected chi connectivity index (χ0v) is 25.2. The van der Waals surface area contributed by atoms with E-state index in [0.29, 0.717) is 44.3 Å². The smallest absolute Gasteiger partial charge is 0.243 e.